The Hall–Kier alpha value is -2.95. The van der Waals surface area contributed by atoms with Gasteiger partial charge in [0.15, 0.2) is 0 Å². The summed E-state index contributed by atoms with van der Waals surface area (Å²) in [5, 5.41) is 3.13. The molecule has 3 rings (SSSR count). The molecule has 3 aromatic carbocycles. The van der Waals surface area contributed by atoms with E-state index in [-0.39, 0.29) is 12.0 Å². The number of carbonyl (C=O) groups is 1. The molecule has 222 valence electrons. The lowest BCUT2D eigenvalue weighted by atomic mass is 9.80. The first-order valence-corrected chi connectivity index (χ1v) is 15.9. The Morgan fingerprint density at radius 2 is 1.12 bits per heavy atom. The molecule has 1 atom stereocenters. The van der Waals surface area contributed by atoms with Gasteiger partial charge in [-0.25, -0.2) is 0 Å². The second-order valence-electron chi connectivity index (χ2n) is 11.0. The molecule has 0 aliphatic carbocycles. The second kappa shape index (κ2) is 19.2. The molecule has 4 nitrogen and oxygen atoms in total. The van der Waals surface area contributed by atoms with Crippen molar-refractivity contribution in [3.05, 3.63) is 108 Å². The fourth-order valence-corrected chi connectivity index (χ4v) is 5.35. The van der Waals surface area contributed by atoms with Crippen LogP contribution in [0.25, 0.3) is 0 Å². The van der Waals surface area contributed by atoms with Crippen LogP contribution in [0.1, 0.15) is 101 Å². The van der Waals surface area contributed by atoms with E-state index in [4.69, 9.17) is 9.47 Å². The largest absolute Gasteiger partial charge is 0.374 e. The Morgan fingerprint density at radius 3 is 1.59 bits per heavy atom. The number of hydrogen-bond acceptors (Lipinski definition) is 3. The van der Waals surface area contributed by atoms with Crippen molar-refractivity contribution in [2.45, 2.75) is 96.2 Å². The number of benzene rings is 3. The fourth-order valence-electron chi connectivity index (χ4n) is 5.35. The van der Waals surface area contributed by atoms with Crippen molar-refractivity contribution in [1.29, 1.82) is 0 Å². The van der Waals surface area contributed by atoms with Gasteiger partial charge >= 0.3 is 0 Å². The summed E-state index contributed by atoms with van der Waals surface area (Å²) < 4.78 is 13.2. The third-order valence-electron chi connectivity index (χ3n) is 7.62. The lowest BCUT2D eigenvalue weighted by Crippen LogP contribution is -2.41. The molecule has 0 aromatic heterocycles. The monoisotopic (exact) mass is 557 g/mol. The summed E-state index contributed by atoms with van der Waals surface area (Å²) in [6.45, 7) is 5.75. The average molecular weight is 558 g/mol. The number of unbranched alkanes of at least 4 members (excludes halogenated alkanes) is 8. The quantitative estimate of drug-likeness (QED) is 0.105. The van der Waals surface area contributed by atoms with Gasteiger partial charge in [0.25, 0.3) is 0 Å². The Morgan fingerprint density at radius 1 is 0.659 bits per heavy atom. The molecule has 1 unspecified atom stereocenters. The molecule has 3 aromatic rings. The van der Waals surface area contributed by atoms with Gasteiger partial charge in [0.1, 0.15) is 5.60 Å². The Labute approximate surface area is 248 Å². The number of carbonyl (C=O) groups excluding carboxylic acids is 1. The molecule has 0 heterocycles. The Kier molecular flexibility index (Phi) is 15.3. The van der Waals surface area contributed by atoms with Crippen LogP contribution in [0.2, 0.25) is 0 Å². The van der Waals surface area contributed by atoms with Crippen molar-refractivity contribution >= 4 is 5.91 Å². The summed E-state index contributed by atoms with van der Waals surface area (Å²) in [7, 11) is 0. The first kappa shape index (κ1) is 32.6. The lowest BCUT2D eigenvalue weighted by molar-refractivity contribution is -0.122. The Balaban J connectivity index is 1.63. The van der Waals surface area contributed by atoms with Crippen LogP contribution in [0.5, 0.6) is 0 Å². The summed E-state index contributed by atoms with van der Waals surface area (Å²) in [6, 6.07) is 31.1. The van der Waals surface area contributed by atoms with E-state index in [0.29, 0.717) is 26.2 Å². The van der Waals surface area contributed by atoms with Crippen LogP contribution < -0.4 is 5.32 Å². The first-order chi connectivity index (χ1) is 20.2. The van der Waals surface area contributed by atoms with Crippen LogP contribution in [0.3, 0.4) is 0 Å². The van der Waals surface area contributed by atoms with Gasteiger partial charge in [-0.05, 0) is 29.5 Å². The molecule has 0 saturated carbocycles. The van der Waals surface area contributed by atoms with Gasteiger partial charge in [-0.2, -0.15) is 0 Å². The zero-order valence-electron chi connectivity index (χ0n) is 25.4. The van der Waals surface area contributed by atoms with Crippen molar-refractivity contribution in [2.75, 3.05) is 19.8 Å². The predicted molar refractivity (Wildman–Crippen MR) is 170 cm³/mol. The highest BCUT2D eigenvalue weighted by Gasteiger charge is 2.38. The van der Waals surface area contributed by atoms with Crippen LogP contribution in [0.15, 0.2) is 91.0 Å². The van der Waals surface area contributed by atoms with E-state index in [1.807, 2.05) is 18.2 Å². The highest BCUT2D eigenvalue weighted by Crippen LogP contribution is 2.40. The lowest BCUT2D eigenvalue weighted by Gasteiger charge is -2.37. The van der Waals surface area contributed by atoms with Crippen molar-refractivity contribution in [1.82, 2.24) is 5.32 Å². The molecule has 0 aliphatic heterocycles. The van der Waals surface area contributed by atoms with Gasteiger partial charge in [0, 0.05) is 19.6 Å². The normalized spacial score (nSPS) is 12.2. The summed E-state index contributed by atoms with van der Waals surface area (Å²) in [6.07, 6.45) is 12.4. The van der Waals surface area contributed by atoms with Gasteiger partial charge in [0.2, 0.25) is 5.91 Å². The van der Waals surface area contributed by atoms with E-state index in [0.717, 1.165) is 36.0 Å². The maximum Gasteiger partial charge on any atom is 0.220 e. The molecule has 1 amide bonds. The minimum atomic E-state index is -0.807. The second-order valence-corrected chi connectivity index (χ2v) is 11.0. The highest BCUT2D eigenvalue weighted by molar-refractivity contribution is 5.75. The molecule has 0 bridgehead atoms. The molecule has 0 saturated heterocycles. The van der Waals surface area contributed by atoms with Gasteiger partial charge in [-0.3, -0.25) is 4.79 Å². The van der Waals surface area contributed by atoms with Gasteiger partial charge < -0.3 is 14.8 Å². The van der Waals surface area contributed by atoms with Crippen molar-refractivity contribution in [2.24, 2.45) is 0 Å². The molecule has 41 heavy (non-hydrogen) atoms. The predicted octanol–water partition coefficient (Wildman–Crippen LogP) is 8.83. The van der Waals surface area contributed by atoms with E-state index in [9.17, 15) is 4.79 Å². The summed E-state index contributed by atoms with van der Waals surface area (Å²) in [4.78, 5) is 12.7. The van der Waals surface area contributed by atoms with E-state index in [1.165, 1.54) is 44.9 Å². The number of ether oxygens (including phenoxy) is 2. The topological polar surface area (TPSA) is 47.6 Å². The number of hydrogen-bond donors (Lipinski definition) is 1. The number of amides is 1. The first-order valence-electron chi connectivity index (χ1n) is 15.9. The standard InChI is InChI=1S/C37H51NO3/c1-3-5-6-7-8-9-10-11-21-28-36(39)38-30-35(40-29-4-2)31-41-37(32-22-15-12-16-23-32,33-24-17-13-18-25-33)34-26-19-14-20-27-34/h12-20,22-27,35H,3-11,21,28-31H2,1-2H3,(H,38,39). The minimum Gasteiger partial charge on any atom is -0.374 e. The zero-order valence-corrected chi connectivity index (χ0v) is 25.4. The third-order valence-corrected chi connectivity index (χ3v) is 7.62. The van der Waals surface area contributed by atoms with Crippen LogP contribution in [-0.4, -0.2) is 31.8 Å². The zero-order chi connectivity index (χ0) is 29.0. The van der Waals surface area contributed by atoms with Gasteiger partial charge in [0.05, 0.1) is 12.7 Å². The number of nitrogens with one attached hydrogen (secondary N) is 1. The number of rotatable bonds is 21. The summed E-state index contributed by atoms with van der Waals surface area (Å²) >= 11 is 0. The molecule has 0 spiro atoms. The van der Waals surface area contributed by atoms with E-state index in [2.05, 4.69) is 92.0 Å². The SMILES string of the molecule is CCCCCCCCCCCC(=O)NCC(COC(c1ccccc1)(c1ccccc1)c1ccccc1)OCCC. The summed E-state index contributed by atoms with van der Waals surface area (Å²) in [5.74, 6) is 0.0958. The molecule has 1 N–H and O–H groups in total. The van der Waals surface area contributed by atoms with Crippen LogP contribution in [-0.2, 0) is 19.9 Å². The molecule has 0 radical (unpaired) electrons. The molecule has 0 fully saturated rings. The van der Waals surface area contributed by atoms with Gasteiger partial charge in [-0.1, -0.05) is 156 Å². The molecule has 4 heteroatoms. The smallest absolute Gasteiger partial charge is 0.220 e. The fraction of sp³-hybridized carbons (Fsp3) is 0.486. The van der Waals surface area contributed by atoms with Crippen LogP contribution >= 0.6 is 0 Å². The van der Waals surface area contributed by atoms with E-state index in [1.54, 1.807) is 0 Å². The van der Waals surface area contributed by atoms with Crippen LogP contribution in [0.4, 0.5) is 0 Å². The third kappa shape index (κ3) is 10.8. The van der Waals surface area contributed by atoms with Crippen molar-refractivity contribution in [3.8, 4) is 0 Å². The molecular weight excluding hydrogens is 506 g/mol. The average Bonchev–Trinajstić information content (AvgIpc) is 3.03. The van der Waals surface area contributed by atoms with Crippen LogP contribution in [0, 0.1) is 0 Å². The van der Waals surface area contributed by atoms with Gasteiger partial charge in [-0.15, -0.1) is 0 Å². The maximum atomic E-state index is 12.7. The maximum absolute atomic E-state index is 12.7. The summed E-state index contributed by atoms with van der Waals surface area (Å²) in [5.41, 5.74) is 2.36. The minimum absolute atomic E-state index is 0.0958. The van der Waals surface area contributed by atoms with E-state index < -0.39 is 5.60 Å². The van der Waals surface area contributed by atoms with E-state index >= 15 is 0 Å². The van der Waals surface area contributed by atoms with Crippen molar-refractivity contribution in [3.63, 3.8) is 0 Å². The molecular formula is C37H51NO3. The van der Waals surface area contributed by atoms with Crippen molar-refractivity contribution < 1.29 is 14.3 Å². The Bertz CT molecular complexity index is 974. The highest BCUT2D eigenvalue weighted by atomic mass is 16.5. The molecule has 0 aliphatic rings.